The molecule has 0 aromatic rings. The third-order valence-electron chi connectivity index (χ3n) is 2.37. The molecule has 0 saturated heterocycles. The molecule has 1 N–H and O–H groups in total. The highest BCUT2D eigenvalue weighted by Gasteiger charge is 1.87. The largest absolute Gasteiger partial charge is 0.396 e. The second-order valence-corrected chi connectivity index (χ2v) is 3.93. The fourth-order valence-electron chi connectivity index (χ4n) is 1.42. The monoisotopic (exact) mass is 210 g/mol. The molecule has 0 fully saturated rings. The van der Waals surface area contributed by atoms with Crippen molar-refractivity contribution in [3.63, 3.8) is 0 Å². The zero-order valence-electron chi connectivity index (χ0n) is 10.1. The van der Waals surface area contributed by atoms with Crippen LogP contribution < -0.4 is 0 Å². The number of unbranched alkanes of at least 4 members (excludes halogenated alkanes) is 6. The van der Waals surface area contributed by atoms with Crippen molar-refractivity contribution < 1.29 is 5.11 Å². The Labute approximate surface area is 94.9 Å². The first kappa shape index (κ1) is 14.4. The van der Waals surface area contributed by atoms with E-state index in [9.17, 15) is 0 Å². The first-order valence-corrected chi connectivity index (χ1v) is 6.34. The molecule has 0 amide bonds. The quantitative estimate of drug-likeness (QED) is 0.422. The van der Waals surface area contributed by atoms with Crippen molar-refractivity contribution in [2.24, 2.45) is 0 Å². The molecule has 0 atom stereocenters. The molecule has 15 heavy (non-hydrogen) atoms. The van der Waals surface area contributed by atoms with Gasteiger partial charge in [-0.05, 0) is 25.7 Å². The Morgan fingerprint density at radius 3 is 2.07 bits per heavy atom. The molecule has 0 unspecified atom stereocenters. The van der Waals surface area contributed by atoms with Gasteiger partial charge in [0.15, 0.2) is 0 Å². The van der Waals surface area contributed by atoms with Crippen molar-refractivity contribution in [2.75, 3.05) is 6.61 Å². The van der Waals surface area contributed by atoms with Crippen LogP contribution >= 0.6 is 0 Å². The highest BCUT2D eigenvalue weighted by atomic mass is 16.2. The Balaban J connectivity index is 3.09. The number of allylic oxidation sites excluding steroid dienone is 4. The van der Waals surface area contributed by atoms with E-state index < -0.39 is 0 Å². The van der Waals surface area contributed by atoms with E-state index >= 15 is 0 Å². The van der Waals surface area contributed by atoms with Gasteiger partial charge < -0.3 is 5.11 Å². The lowest BCUT2D eigenvalue weighted by Gasteiger charge is -1.96. The first-order chi connectivity index (χ1) is 7.41. The molecule has 0 spiro atoms. The van der Waals surface area contributed by atoms with Crippen LogP contribution in [-0.2, 0) is 0 Å². The van der Waals surface area contributed by atoms with Crippen molar-refractivity contribution in [3.8, 4) is 0 Å². The van der Waals surface area contributed by atoms with E-state index in [0.717, 1.165) is 6.42 Å². The summed E-state index contributed by atoms with van der Waals surface area (Å²) in [6, 6.07) is 0. The summed E-state index contributed by atoms with van der Waals surface area (Å²) in [6.45, 7) is 2.54. The summed E-state index contributed by atoms with van der Waals surface area (Å²) in [7, 11) is 0. The topological polar surface area (TPSA) is 20.2 Å². The van der Waals surface area contributed by atoms with Gasteiger partial charge >= 0.3 is 0 Å². The van der Waals surface area contributed by atoms with E-state index in [1.54, 1.807) is 0 Å². The SMILES string of the molecule is CCC/C=C\C=C\CCCCCCCO. The Morgan fingerprint density at radius 2 is 1.40 bits per heavy atom. The van der Waals surface area contributed by atoms with Crippen LogP contribution in [0.4, 0.5) is 0 Å². The number of aliphatic hydroxyl groups is 1. The van der Waals surface area contributed by atoms with E-state index in [4.69, 9.17) is 5.11 Å². The standard InChI is InChI=1S/C14H26O/c1-2-3-4-5-6-7-8-9-10-11-12-13-14-15/h4-7,15H,2-3,8-14H2,1H3/b5-4-,7-6+. The van der Waals surface area contributed by atoms with E-state index in [1.807, 2.05) is 0 Å². The lowest BCUT2D eigenvalue weighted by atomic mass is 10.1. The summed E-state index contributed by atoms with van der Waals surface area (Å²) in [5.74, 6) is 0. The van der Waals surface area contributed by atoms with Crippen LogP contribution in [0.25, 0.3) is 0 Å². The summed E-state index contributed by atoms with van der Waals surface area (Å²) in [4.78, 5) is 0. The normalized spacial score (nSPS) is 11.9. The number of aliphatic hydroxyl groups excluding tert-OH is 1. The first-order valence-electron chi connectivity index (χ1n) is 6.34. The zero-order chi connectivity index (χ0) is 11.2. The molecule has 0 aliphatic carbocycles. The average Bonchev–Trinajstić information content (AvgIpc) is 2.26. The molecular weight excluding hydrogens is 184 g/mol. The molecule has 0 saturated carbocycles. The number of hydrogen-bond donors (Lipinski definition) is 1. The molecule has 0 aliphatic heterocycles. The van der Waals surface area contributed by atoms with Crippen LogP contribution in [0.5, 0.6) is 0 Å². The van der Waals surface area contributed by atoms with Crippen molar-refractivity contribution in [2.45, 2.75) is 58.3 Å². The van der Waals surface area contributed by atoms with Crippen molar-refractivity contribution in [1.82, 2.24) is 0 Å². The maximum Gasteiger partial charge on any atom is 0.0431 e. The summed E-state index contributed by atoms with van der Waals surface area (Å²) in [5.41, 5.74) is 0. The lowest BCUT2D eigenvalue weighted by molar-refractivity contribution is 0.282. The number of hydrogen-bond acceptors (Lipinski definition) is 1. The molecule has 0 heterocycles. The van der Waals surface area contributed by atoms with Crippen LogP contribution in [0.15, 0.2) is 24.3 Å². The Bertz CT molecular complexity index is 159. The van der Waals surface area contributed by atoms with Gasteiger partial charge in [-0.3, -0.25) is 0 Å². The van der Waals surface area contributed by atoms with Crippen molar-refractivity contribution >= 4 is 0 Å². The molecule has 1 heteroatoms. The second kappa shape index (κ2) is 13.4. The van der Waals surface area contributed by atoms with Crippen LogP contribution in [0.3, 0.4) is 0 Å². The van der Waals surface area contributed by atoms with E-state index in [1.165, 1.54) is 44.9 Å². The van der Waals surface area contributed by atoms with Crippen molar-refractivity contribution in [1.29, 1.82) is 0 Å². The van der Waals surface area contributed by atoms with Crippen LogP contribution in [-0.4, -0.2) is 11.7 Å². The number of rotatable bonds is 10. The third kappa shape index (κ3) is 13.4. The highest BCUT2D eigenvalue weighted by Crippen LogP contribution is 2.05. The molecule has 88 valence electrons. The summed E-state index contributed by atoms with van der Waals surface area (Å²) >= 11 is 0. The van der Waals surface area contributed by atoms with Gasteiger partial charge in [0.1, 0.15) is 0 Å². The van der Waals surface area contributed by atoms with E-state index in [2.05, 4.69) is 31.2 Å². The Morgan fingerprint density at radius 1 is 0.800 bits per heavy atom. The van der Waals surface area contributed by atoms with Crippen LogP contribution in [0.2, 0.25) is 0 Å². The van der Waals surface area contributed by atoms with Gasteiger partial charge in [-0.15, -0.1) is 0 Å². The average molecular weight is 210 g/mol. The maximum absolute atomic E-state index is 8.59. The van der Waals surface area contributed by atoms with Gasteiger partial charge in [0, 0.05) is 6.61 Å². The van der Waals surface area contributed by atoms with E-state index in [0.29, 0.717) is 6.61 Å². The Hall–Kier alpha value is -0.560. The molecular formula is C14H26O. The molecule has 0 radical (unpaired) electrons. The van der Waals surface area contributed by atoms with E-state index in [-0.39, 0.29) is 0 Å². The third-order valence-corrected chi connectivity index (χ3v) is 2.37. The molecule has 1 nitrogen and oxygen atoms in total. The smallest absolute Gasteiger partial charge is 0.0431 e. The summed E-state index contributed by atoms with van der Waals surface area (Å²) in [6.07, 6.45) is 18.4. The van der Waals surface area contributed by atoms with Crippen molar-refractivity contribution in [3.05, 3.63) is 24.3 Å². The molecule has 0 rings (SSSR count). The predicted octanol–water partition coefficient (Wildman–Crippen LogP) is 4.23. The van der Waals surface area contributed by atoms with Gasteiger partial charge in [-0.25, -0.2) is 0 Å². The molecule has 0 aromatic heterocycles. The van der Waals surface area contributed by atoms with Gasteiger partial charge in [-0.2, -0.15) is 0 Å². The highest BCUT2D eigenvalue weighted by molar-refractivity contribution is 5.02. The zero-order valence-corrected chi connectivity index (χ0v) is 10.1. The van der Waals surface area contributed by atoms with Gasteiger partial charge in [0.05, 0.1) is 0 Å². The fourth-order valence-corrected chi connectivity index (χ4v) is 1.42. The molecule has 0 aliphatic rings. The van der Waals surface area contributed by atoms with Crippen LogP contribution in [0, 0.1) is 0 Å². The maximum atomic E-state index is 8.59. The lowest BCUT2D eigenvalue weighted by Crippen LogP contribution is -1.82. The predicted molar refractivity (Wildman–Crippen MR) is 68.0 cm³/mol. The van der Waals surface area contributed by atoms with Gasteiger partial charge in [-0.1, -0.05) is 56.9 Å². The molecule has 0 bridgehead atoms. The fraction of sp³-hybridized carbons (Fsp3) is 0.714. The minimum Gasteiger partial charge on any atom is -0.396 e. The van der Waals surface area contributed by atoms with Crippen LogP contribution in [0.1, 0.15) is 58.3 Å². The minimum atomic E-state index is 0.349. The van der Waals surface area contributed by atoms with Gasteiger partial charge in [0.2, 0.25) is 0 Å². The van der Waals surface area contributed by atoms with Gasteiger partial charge in [0.25, 0.3) is 0 Å². The second-order valence-electron chi connectivity index (χ2n) is 3.93. The molecule has 0 aromatic carbocycles. The minimum absolute atomic E-state index is 0.349. The Kier molecular flexibility index (Phi) is 12.9. The summed E-state index contributed by atoms with van der Waals surface area (Å²) in [5, 5.41) is 8.59. The summed E-state index contributed by atoms with van der Waals surface area (Å²) < 4.78 is 0.